The minimum atomic E-state index is -0.0358. The van der Waals surface area contributed by atoms with E-state index in [1.54, 1.807) is 0 Å². The highest BCUT2D eigenvalue weighted by molar-refractivity contribution is 5.89. The zero-order valence-electron chi connectivity index (χ0n) is 19.8. The Morgan fingerprint density at radius 3 is 2.60 bits per heavy atom. The third-order valence-electron chi connectivity index (χ3n) is 8.25. The Bertz CT molecular complexity index is 1570. The van der Waals surface area contributed by atoms with E-state index in [2.05, 4.69) is 70.5 Å². The van der Waals surface area contributed by atoms with Crippen LogP contribution in [0.15, 0.2) is 73.1 Å². The van der Waals surface area contributed by atoms with Crippen LogP contribution in [-0.4, -0.2) is 32.6 Å². The first-order chi connectivity index (χ1) is 17.2. The maximum Gasteiger partial charge on any atom is 0.163 e. The molecule has 174 valence electrons. The number of hydrogen-bond donors (Lipinski definition) is 2. The third kappa shape index (κ3) is 2.93. The van der Waals surface area contributed by atoms with Crippen molar-refractivity contribution in [2.75, 3.05) is 13.1 Å². The fourth-order valence-electron chi connectivity index (χ4n) is 6.57. The lowest BCUT2D eigenvalue weighted by molar-refractivity contribution is 0.149. The molecule has 2 aromatic carbocycles. The molecule has 1 saturated heterocycles. The van der Waals surface area contributed by atoms with Crippen LogP contribution in [0.2, 0.25) is 0 Å². The van der Waals surface area contributed by atoms with Gasteiger partial charge in [-0.3, -0.25) is 9.55 Å². The van der Waals surface area contributed by atoms with Crippen LogP contribution in [0.1, 0.15) is 47.3 Å². The molecule has 1 aliphatic heterocycles. The lowest BCUT2D eigenvalue weighted by Crippen LogP contribution is -2.44. The SMILES string of the molecule is Cc1nc2c(ccn2-c2cccc3ncccc23)nc1C1c2ccccc2[C@@H](N)C12CCNCC2. The van der Waals surface area contributed by atoms with Crippen molar-refractivity contribution in [2.45, 2.75) is 31.7 Å². The maximum atomic E-state index is 6.99. The van der Waals surface area contributed by atoms with Crippen LogP contribution in [0.5, 0.6) is 0 Å². The number of aromatic nitrogens is 4. The van der Waals surface area contributed by atoms with Crippen molar-refractivity contribution in [3.63, 3.8) is 0 Å². The van der Waals surface area contributed by atoms with Gasteiger partial charge in [0.1, 0.15) is 5.52 Å². The number of pyridine rings is 1. The monoisotopic (exact) mass is 460 g/mol. The van der Waals surface area contributed by atoms with E-state index in [1.807, 2.05) is 24.4 Å². The molecule has 6 heteroatoms. The van der Waals surface area contributed by atoms with Crippen LogP contribution in [-0.2, 0) is 0 Å². The lowest BCUT2D eigenvalue weighted by atomic mass is 9.66. The van der Waals surface area contributed by atoms with E-state index in [4.69, 9.17) is 15.7 Å². The molecule has 1 unspecified atom stereocenters. The van der Waals surface area contributed by atoms with Crippen LogP contribution in [0.25, 0.3) is 27.8 Å². The van der Waals surface area contributed by atoms with Crippen molar-refractivity contribution in [1.29, 1.82) is 0 Å². The first-order valence-corrected chi connectivity index (χ1v) is 12.4. The highest BCUT2D eigenvalue weighted by Crippen LogP contribution is 2.60. The van der Waals surface area contributed by atoms with E-state index in [0.717, 1.165) is 65.1 Å². The predicted molar refractivity (Wildman–Crippen MR) is 139 cm³/mol. The molecule has 35 heavy (non-hydrogen) atoms. The number of rotatable bonds is 2. The van der Waals surface area contributed by atoms with Gasteiger partial charge in [0, 0.05) is 35.2 Å². The number of fused-ring (bicyclic) bond motifs is 3. The van der Waals surface area contributed by atoms with Crippen molar-refractivity contribution in [1.82, 2.24) is 24.8 Å². The van der Waals surface area contributed by atoms with Crippen LogP contribution in [0.3, 0.4) is 0 Å². The van der Waals surface area contributed by atoms with Crippen molar-refractivity contribution < 1.29 is 0 Å². The van der Waals surface area contributed by atoms with E-state index in [0.29, 0.717) is 0 Å². The highest BCUT2D eigenvalue weighted by Gasteiger charge is 2.53. The van der Waals surface area contributed by atoms with E-state index >= 15 is 0 Å². The molecule has 4 heterocycles. The molecule has 1 fully saturated rings. The Labute approximate surface area is 204 Å². The summed E-state index contributed by atoms with van der Waals surface area (Å²) in [6.07, 6.45) is 5.98. The molecular formula is C29H28N6. The van der Waals surface area contributed by atoms with E-state index in [-0.39, 0.29) is 17.4 Å². The molecule has 3 N–H and O–H groups in total. The predicted octanol–water partition coefficient (Wildman–Crippen LogP) is 4.79. The first kappa shape index (κ1) is 20.7. The summed E-state index contributed by atoms with van der Waals surface area (Å²) < 4.78 is 2.14. The van der Waals surface area contributed by atoms with Gasteiger partial charge in [-0.05, 0) is 74.3 Å². The van der Waals surface area contributed by atoms with Crippen LogP contribution in [0.4, 0.5) is 0 Å². The normalized spacial score (nSPS) is 21.1. The second-order valence-electron chi connectivity index (χ2n) is 9.96. The molecule has 0 amide bonds. The zero-order chi connectivity index (χ0) is 23.6. The molecule has 1 aliphatic carbocycles. The van der Waals surface area contributed by atoms with Crippen LogP contribution < -0.4 is 11.1 Å². The molecular weight excluding hydrogens is 432 g/mol. The van der Waals surface area contributed by atoms with Gasteiger partial charge >= 0.3 is 0 Å². The number of hydrogen-bond acceptors (Lipinski definition) is 5. The Kier molecular flexibility index (Phi) is 4.56. The average molecular weight is 461 g/mol. The van der Waals surface area contributed by atoms with E-state index < -0.39 is 0 Å². The summed E-state index contributed by atoms with van der Waals surface area (Å²) in [6, 6.07) is 21.1. The Morgan fingerprint density at radius 1 is 0.914 bits per heavy atom. The second-order valence-corrected chi connectivity index (χ2v) is 9.96. The Balaban J connectivity index is 1.42. The summed E-state index contributed by atoms with van der Waals surface area (Å²) in [4.78, 5) is 15.0. The van der Waals surface area contributed by atoms with Crippen LogP contribution >= 0.6 is 0 Å². The highest BCUT2D eigenvalue weighted by atomic mass is 15.1. The summed E-state index contributed by atoms with van der Waals surface area (Å²) in [5, 5.41) is 4.63. The molecule has 1 spiro atoms. The minimum absolute atomic E-state index is 0.00970. The largest absolute Gasteiger partial charge is 0.323 e. The molecule has 0 radical (unpaired) electrons. The van der Waals surface area contributed by atoms with Gasteiger partial charge in [0.2, 0.25) is 0 Å². The molecule has 2 atom stereocenters. The van der Waals surface area contributed by atoms with Crippen molar-refractivity contribution in [3.8, 4) is 5.69 Å². The van der Waals surface area contributed by atoms with Gasteiger partial charge in [0.05, 0.1) is 22.6 Å². The molecule has 7 rings (SSSR count). The Morgan fingerprint density at radius 2 is 1.74 bits per heavy atom. The first-order valence-electron chi connectivity index (χ1n) is 12.4. The second kappa shape index (κ2) is 7.70. The Hall–Kier alpha value is -3.61. The van der Waals surface area contributed by atoms with Gasteiger partial charge in [-0.25, -0.2) is 9.97 Å². The van der Waals surface area contributed by atoms with Crippen molar-refractivity contribution >= 4 is 22.1 Å². The van der Waals surface area contributed by atoms with Gasteiger partial charge in [-0.15, -0.1) is 0 Å². The smallest absolute Gasteiger partial charge is 0.163 e. The van der Waals surface area contributed by atoms with Gasteiger partial charge in [-0.2, -0.15) is 0 Å². The lowest BCUT2D eigenvalue weighted by Gasteiger charge is -2.42. The molecule has 5 aromatic rings. The number of benzene rings is 2. The number of nitrogens with zero attached hydrogens (tertiary/aromatic N) is 4. The summed E-state index contributed by atoms with van der Waals surface area (Å²) in [7, 11) is 0. The van der Waals surface area contributed by atoms with Crippen LogP contribution in [0, 0.1) is 12.3 Å². The molecule has 0 saturated carbocycles. The summed E-state index contributed by atoms with van der Waals surface area (Å²) >= 11 is 0. The van der Waals surface area contributed by atoms with Gasteiger partial charge in [0.25, 0.3) is 0 Å². The number of piperidine rings is 1. The molecule has 0 bridgehead atoms. The minimum Gasteiger partial charge on any atom is -0.323 e. The summed E-state index contributed by atoms with van der Waals surface area (Å²) in [5.74, 6) is 0.151. The third-order valence-corrected chi connectivity index (χ3v) is 8.25. The van der Waals surface area contributed by atoms with Crippen molar-refractivity contribution in [2.24, 2.45) is 11.1 Å². The van der Waals surface area contributed by atoms with E-state index in [9.17, 15) is 0 Å². The fraction of sp³-hybridized carbons (Fsp3) is 0.276. The number of aryl methyl sites for hydroxylation is 1. The van der Waals surface area contributed by atoms with Crippen molar-refractivity contribution in [3.05, 3.63) is 95.6 Å². The number of nitrogens with one attached hydrogen (secondary N) is 1. The average Bonchev–Trinajstić information content (AvgIpc) is 3.40. The van der Waals surface area contributed by atoms with E-state index in [1.165, 1.54) is 11.1 Å². The van der Waals surface area contributed by atoms with Gasteiger partial charge < -0.3 is 11.1 Å². The zero-order valence-corrected chi connectivity index (χ0v) is 19.8. The molecule has 6 nitrogen and oxygen atoms in total. The maximum absolute atomic E-state index is 6.99. The molecule has 3 aromatic heterocycles. The standard InChI is InChI=1S/C29H28N6/c1-18-26(25-19-6-2-3-7-20(19)27(30)29(25)12-15-31-16-13-29)34-23-11-17-35(28(23)33-18)24-10-4-9-22-21(24)8-5-14-32-22/h2-11,14,17,25,27,31H,12-13,15-16,30H2,1H3/t25?,27-/m1/s1. The fourth-order valence-corrected chi connectivity index (χ4v) is 6.57. The topological polar surface area (TPSA) is 81.7 Å². The summed E-state index contributed by atoms with van der Waals surface area (Å²) in [5.41, 5.74) is 15.4. The number of nitrogens with two attached hydrogens (primary N) is 1. The quantitative estimate of drug-likeness (QED) is 0.396. The summed E-state index contributed by atoms with van der Waals surface area (Å²) in [6.45, 7) is 4.07. The molecule has 2 aliphatic rings. The van der Waals surface area contributed by atoms with Gasteiger partial charge in [0.15, 0.2) is 5.65 Å². The van der Waals surface area contributed by atoms with Gasteiger partial charge in [-0.1, -0.05) is 30.3 Å².